The molecule has 0 atom stereocenters. The summed E-state index contributed by atoms with van der Waals surface area (Å²) in [6, 6.07) is 13.3. The molecule has 0 saturated carbocycles. The molecule has 0 radical (unpaired) electrons. The Bertz CT molecular complexity index is 998. The van der Waals surface area contributed by atoms with Gasteiger partial charge >= 0.3 is 0 Å². The Morgan fingerprint density at radius 2 is 2.12 bits per heavy atom. The molecule has 0 spiro atoms. The molecule has 1 aromatic heterocycles. The first-order valence-electron chi connectivity index (χ1n) is 7.32. The maximum Gasteiger partial charge on any atom is 0.231 e. The molecule has 3 aromatic rings. The number of fused-ring (bicyclic) bond motifs is 2. The summed E-state index contributed by atoms with van der Waals surface area (Å²) in [5.41, 5.74) is 2.87. The summed E-state index contributed by atoms with van der Waals surface area (Å²) in [5.74, 6) is 2.63. The van der Waals surface area contributed by atoms with Crippen molar-refractivity contribution in [3.63, 3.8) is 0 Å². The van der Waals surface area contributed by atoms with Gasteiger partial charge < -0.3 is 19.2 Å². The van der Waals surface area contributed by atoms with Gasteiger partial charge in [-0.1, -0.05) is 6.07 Å². The molecule has 0 fully saturated rings. The van der Waals surface area contributed by atoms with E-state index >= 15 is 0 Å². The van der Waals surface area contributed by atoms with Gasteiger partial charge in [-0.05, 0) is 35.9 Å². The number of allylic oxidation sites excluding steroid dienone is 1. The molecule has 1 aliphatic rings. The number of H-pyrrole nitrogens is 1. The van der Waals surface area contributed by atoms with Crippen LogP contribution in [0.25, 0.3) is 22.7 Å². The topological polar surface area (TPSA) is 80.2 Å². The van der Waals surface area contributed by atoms with Crippen LogP contribution < -0.4 is 14.2 Å². The number of hydrogen-bond donors (Lipinski definition) is 1. The predicted octanol–water partition coefficient (Wildman–Crippen LogP) is 3.36. The number of benzene rings is 2. The van der Waals surface area contributed by atoms with Gasteiger partial charge in [-0.3, -0.25) is 0 Å². The Labute approximate surface area is 137 Å². The van der Waals surface area contributed by atoms with E-state index in [-0.39, 0.29) is 6.79 Å². The second kappa shape index (κ2) is 5.63. The smallest absolute Gasteiger partial charge is 0.231 e. The average Bonchev–Trinajstić information content (AvgIpc) is 3.24. The molecular formula is C18H13N3O3. The molecule has 6 heteroatoms. The van der Waals surface area contributed by atoms with Gasteiger partial charge in [0.2, 0.25) is 6.79 Å². The average molecular weight is 319 g/mol. The second-order valence-electron chi connectivity index (χ2n) is 5.25. The highest BCUT2D eigenvalue weighted by Crippen LogP contribution is 2.33. The van der Waals surface area contributed by atoms with E-state index in [0.717, 1.165) is 22.3 Å². The highest BCUT2D eigenvalue weighted by atomic mass is 16.7. The molecule has 2 heterocycles. The van der Waals surface area contributed by atoms with Gasteiger partial charge in [0.05, 0.1) is 23.7 Å². The van der Waals surface area contributed by atoms with Crippen molar-refractivity contribution in [1.82, 2.24) is 9.97 Å². The van der Waals surface area contributed by atoms with Gasteiger partial charge in [0.1, 0.15) is 17.6 Å². The van der Waals surface area contributed by atoms with Gasteiger partial charge in [0.25, 0.3) is 0 Å². The number of aromatic nitrogens is 2. The lowest BCUT2D eigenvalue weighted by molar-refractivity contribution is 0.174. The Morgan fingerprint density at radius 3 is 2.96 bits per heavy atom. The highest BCUT2D eigenvalue weighted by Gasteiger charge is 2.14. The van der Waals surface area contributed by atoms with E-state index < -0.39 is 0 Å². The molecule has 0 unspecified atom stereocenters. The molecule has 6 nitrogen and oxygen atoms in total. The van der Waals surface area contributed by atoms with Gasteiger partial charge in [-0.15, -0.1) is 0 Å². The summed E-state index contributed by atoms with van der Waals surface area (Å²) in [7, 11) is 1.61. The third-order valence-corrected chi connectivity index (χ3v) is 3.77. The van der Waals surface area contributed by atoms with Crippen LogP contribution in [0.5, 0.6) is 17.2 Å². The van der Waals surface area contributed by atoms with Gasteiger partial charge in [0, 0.05) is 6.07 Å². The third-order valence-electron chi connectivity index (χ3n) is 3.77. The van der Waals surface area contributed by atoms with Crippen molar-refractivity contribution in [2.24, 2.45) is 0 Å². The molecule has 0 aliphatic carbocycles. The fourth-order valence-corrected chi connectivity index (χ4v) is 2.57. The first kappa shape index (κ1) is 14.2. The van der Waals surface area contributed by atoms with E-state index in [0.29, 0.717) is 22.9 Å². The van der Waals surface area contributed by atoms with Crippen molar-refractivity contribution in [2.75, 3.05) is 13.9 Å². The second-order valence-corrected chi connectivity index (χ2v) is 5.25. The predicted molar refractivity (Wildman–Crippen MR) is 88.7 cm³/mol. The van der Waals surface area contributed by atoms with Crippen LogP contribution in [-0.4, -0.2) is 23.9 Å². The van der Waals surface area contributed by atoms with Crippen LogP contribution in [0.3, 0.4) is 0 Å². The van der Waals surface area contributed by atoms with E-state index in [4.69, 9.17) is 14.2 Å². The summed E-state index contributed by atoms with van der Waals surface area (Å²) in [6.45, 7) is 0.221. The highest BCUT2D eigenvalue weighted by molar-refractivity contribution is 5.90. The molecule has 1 aliphatic heterocycles. The zero-order chi connectivity index (χ0) is 16.5. The zero-order valence-electron chi connectivity index (χ0n) is 12.9. The van der Waals surface area contributed by atoms with Crippen molar-refractivity contribution in [1.29, 1.82) is 5.26 Å². The number of aromatic amines is 1. The third kappa shape index (κ3) is 2.42. The van der Waals surface area contributed by atoms with E-state index in [1.54, 1.807) is 13.2 Å². The van der Waals surface area contributed by atoms with Crippen LogP contribution in [0.1, 0.15) is 11.4 Å². The minimum Gasteiger partial charge on any atom is -0.497 e. The van der Waals surface area contributed by atoms with Gasteiger partial charge in [0.15, 0.2) is 11.5 Å². The van der Waals surface area contributed by atoms with Crippen LogP contribution in [0.2, 0.25) is 0 Å². The summed E-state index contributed by atoms with van der Waals surface area (Å²) >= 11 is 0. The quantitative estimate of drug-likeness (QED) is 0.749. The number of ether oxygens (including phenoxy) is 3. The Balaban J connectivity index is 1.74. The summed E-state index contributed by atoms with van der Waals surface area (Å²) in [6.07, 6.45) is 1.76. The fourth-order valence-electron chi connectivity index (χ4n) is 2.57. The summed E-state index contributed by atoms with van der Waals surface area (Å²) in [5, 5.41) is 9.50. The van der Waals surface area contributed by atoms with Gasteiger partial charge in [-0.2, -0.15) is 5.26 Å². The largest absolute Gasteiger partial charge is 0.497 e. The standard InChI is InChI=1S/C18H13N3O3/c1-22-13-3-4-14-15(8-13)21-18(20-14)12(9-19)6-11-2-5-16-17(7-11)24-10-23-16/h2-8H,10H2,1H3,(H,20,21)/b12-6-. The monoisotopic (exact) mass is 319 g/mol. The SMILES string of the molecule is COc1ccc2nc(/C(C#N)=C\c3ccc4c(c3)OCO4)[nH]c2c1. The van der Waals surface area contributed by atoms with Crippen molar-refractivity contribution in [3.8, 4) is 23.3 Å². The van der Waals surface area contributed by atoms with Crippen molar-refractivity contribution >= 4 is 22.7 Å². The maximum atomic E-state index is 9.50. The Hall–Kier alpha value is -3.46. The summed E-state index contributed by atoms with van der Waals surface area (Å²) < 4.78 is 15.9. The Kier molecular flexibility index (Phi) is 3.32. The summed E-state index contributed by atoms with van der Waals surface area (Å²) in [4.78, 5) is 7.63. The molecule has 4 rings (SSSR count). The maximum absolute atomic E-state index is 9.50. The van der Waals surface area contributed by atoms with E-state index in [9.17, 15) is 5.26 Å². The Morgan fingerprint density at radius 1 is 1.25 bits per heavy atom. The molecule has 118 valence electrons. The lowest BCUT2D eigenvalue weighted by Crippen LogP contribution is -1.92. The molecule has 0 saturated heterocycles. The van der Waals surface area contributed by atoms with Crippen LogP contribution in [-0.2, 0) is 0 Å². The van der Waals surface area contributed by atoms with Crippen molar-refractivity contribution < 1.29 is 14.2 Å². The van der Waals surface area contributed by atoms with Crippen LogP contribution in [0.4, 0.5) is 0 Å². The van der Waals surface area contributed by atoms with Crippen molar-refractivity contribution in [3.05, 3.63) is 47.8 Å². The number of imidazole rings is 1. The number of nitrogens with zero attached hydrogens (tertiary/aromatic N) is 2. The minimum absolute atomic E-state index is 0.221. The van der Waals surface area contributed by atoms with E-state index in [1.807, 2.05) is 36.4 Å². The first-order valence-corrected chi connectivity index (χ1v) is 7.32. The molecular weight excluding hydrogens is 306 g/mol. The molecule has 1 N–H and O–H groups in total. The van der Waals surface area contributed by atoms with E-state index in [2.05, 4.69) is 16.0 Å². The minimum atomic E-state index is 0.221. The van der Waals surface area contributed by atoms with Crippen LogP contribution in [0, 0.1) is 11.3 Å². The molecule has 24 heavy (non-hydrogen) atoms. The van der Waals surface area contributed by atoms with Crippen molar-refractivity contribution in [2.45, 2.75) is 0 Å². The lowest BCUT2D eigenvalue weighted by atomic mass is 10.1. The molecule has 2 aromatic carbocycles. The van der Waals surface area contributed by atoms with E-state index in [1.165, 1.54) is 0 Å². The number of methoxy groups -OCH3 is 1. The zero-order valence-corrected chi connectivity index (χ0v) is 12.9. The number of nitriles is 1. The first-order chi connectivity index (χ1) is 11.8. The fraction of sp³-hybridized carbons (Fsp3) is 0.111. The van der Waals surface area contributed by atoms with Crippen LogP contribution in [0.15, 0.2) is 36.4 Å². The number of rotatable bonds is 3. The normalized spacial score (nSPS) is 13.1. The molecule has 0 amide bonds. The lowest BCUT2D eigenvalue weighted by Gasteiger charge is -1.99. The van der Waals surface area contributed by atoms with Crippen LogP contribution >= 0.6 is 0 Å². The molecule has 0 bridgehead atoms. The number of hydrogen-bond acceptors (Lipinski definition) is 5. The number of nitrogens with one attached hydrogen (secondary N) is 1. The van der Waals surface area contributed by atoms with Gasteiger partial charge in [-0.25, -0.2) is 4.98 Å².